The highest BCUT2D eigenvalue weighted by molar-refractivity contribution is 6.02. The lowest BCUT2D eigenvalue weighted by molar-refractivity contribution is 0.0895. The summed E-state index contributed by atoms with van der Waals surface area (Å²) in [6, 6.07) is 14.5. The molecule has 1 aliphatic carbocycles. The summed E-state index contributed by atoms with van der Waals surface area (Å²) >= 11 is 0. The first-order valence-electron chi connectivity index (χ1n) is 10.2. The topological polar surface area (TPSA) is 38.8 Å². The Labute approximate surface area is 167 Å². The highest BCUT2D eigenvalue weighted by atomic mass is 16.5. The maximum absolute atomic E-state index is 12.9. The maximum atomic E-state index is 12.9. The van der Waals surface area contributed by atoms with Gasteiger partial charge in [0, 0.05) is 18.0 Å². The SMILES string of the molecule is COc1cc2c(cc1OC)C(=O)C(CC1CCN(C[13c]3[13cH][13cH][13cH][13cH][13cH]3)CC1)C2. The lowest BCUT2D eigenvalue weighted by Crippen LogP contribution is -2.34. The van der Waals surface area contributed by atoms with E-state index < -0.39 is 0 Å². The molecule has 0 saturated carbocycles. The van der Waals surface area contributed by atoms with Gasteiger partial charge in [0.1, 0.15) is 0 Å². The Morgan fingerprint density at radius 1 is 1.00 bits per heavy atom. The van der Waals surface area contributed by atoms with Gasteiger partial charge in [-0.05, 0) is 68.0 Å². The zero-order valence-electron chi connectivity index (χ0n) is 16.8. The van der Waals surface area contributed by atoms with Crippen molar-refractivity contribution >= 4 is 5.78 Å². The number of benzene rings is 2. The third-order valence-corrected chi connectivity index (χ3v) is 6.29. The number of piperidine rings is 1. The van der Waals surface area contributed by atoms with E-state index in [2.05, 4.69) is 35.2 Å². The van der Waals surface area contributed by atoms with Gasteiger partial charge in [0.05, 0.1) is 14.2 Å². The summed E-state index contributed by atoms with van der Waals surface area (Å²) in [5.74, 6) is 2.38. The molecule has 4 heteroatoms. The summed E-state index contributed by atoms with van der Waals surface area (Å²) in [5, 5.41) is 0. The lowest BCUT2D eigenvalue weighted by Gasteiger charge is -2.32. The van der Waals surface area contributed by atoms with E-state index in [1.165, 1.54) is 18.4 Å². The molecule has 2 aliphatic rings. The van der Waals surface area contributed by atoms with Crippen LogP contribution in [0, 0.1) is 11.8 Å². The molecule has 0 spiro atoms. The van der Waals surface area contributed by atoms with E-state index in [0.717, 1.165) is 43.6 Å². The van der Waals surface area contributed by atoms with Gasteiger partial charge in [-0.3, -0.25) is 9.69 Å². The lowest BCUT2D eigenvalue weighted by atomic mass is 9.85. The summed E-state index contributed by atoms with van der Waals surface area (Å²) < 4.78 is 10.8. The molecule has 1 saturated heterocycles. The van der Waals surface area contributed by atoms with Crippen LogP contribution in [0.15, 0.2) is 42.5 Å². The molecule has 2 aromatic rings. The zero-order valence-corrected chi connectivity index (χ0v) is 16.8. The van der Waals surface area contributed by atoms with Gasteiger partial charge in [-0.15, -0.1) is 0 Å². The molecular weight excluding hydrogens is 356 g/mol. The van der Waals surface area contributed by atoms with Gasteiger partial charge in [-0.25, -0.2) is 0 Å². The van der Waals surface area contributed by atoms with Crippen LogP contribution >= 0.6 is 0 Å². The van der Waals surface area contributed by atoms with E-state index in [-0.39, 0.29) is 11.7 Å². The van der Waals surface area contributed by atoms with Crippen molar-refractivity contribution in [2.24, 2.45) is 11.8 Å². The molecule has 1 unspecified atom stereocenters. The molecule has 1 heterocycles. The molecule has 2 aromatic carbocycles. The van der Waals surface area contributed by atoms with Crippen LogP contribution in [-0.2, 0) is 13.0 Å². The van der Waals surface area contributed by atoms with Crippen LogP contribution in [0.4, 0.5) is 0 Å². The first-order valence-corrected chi connectivity index (χ1v) is 10.2. The molecule has 1 fully saturated rings. The van der Waals surface area contributed by atoms with E-state index in [4.69, 9.17) is 9.47 Å². The molecule has 1 aliphatic heterocycles. The van der Waals surface area contributed by atoms with Crippen LogP contribution in [-0.4, -0.2) is 38.0 Å². The Morgan fingerprint density at radius 3 is 2.36 bits per heavy atom. The molecule has 0 bridgehead atoms. The predicted octanol–water partition coefficient (Wildman–Crippen LogP) is 4.36. The van der Waals surface area contributed by atoms with Gasteiger partial charge in [0.15, 0.2) is 17.3 Å². The number of likely N-dealkylation sites (tertiary alicyclic amines) is 1. The van der Waals surface area contributed by atoms with Crippen LogP contribution in [0.2, 0.25) is 0 Å². The second-order valence-corrected chi connectivity index (χ2v) is 8.07. The predicted molar refractivity (Wildman–Crippen MR) is 110 cm³/mol. The van der Waals surface area contributed by atoms with Gasteiger partial charge in [-0.2, -0.15) is 0 Å². The van der Waals surface area contributed by atoms with Gasteiger partial charge in [0.25, 0.3) is 0 Å². The molecule has 0 radical (unpaired) electrons. The highest BCUT2D eigenvalue weighted by Gasteiger charge is 2.34. The van der Waals surface area contributed by atoms with Gasteiger partial charge < -0.3 is 9.47 Å². The summed E-state index contributed by atoms with van der Waals surface area (Å²) in [4.78, 5) is 15.5. The number of carbonyl (C=O) groups is 1. The standard InChI is InChI=1S/C24H29NO3/c1-27-22-14-19-13-20(24(26)21(19)15-23(22)28-2)12-17-8-10-25(11-9-17)16-18-6-4-3-5-7-18/h3-7,14-15,17,20H,8-13,16H2,1-2H3/i3+1,4+1,5+1,6+1,7+1,18+1. The molecule has 28 heavy (non-hydrogen) atoms. The highest BCUT2D eigenvalue weighted by Crippen LogP contribution is 2.39. The second kappa shape index (κ2) is 8.36. The molecule has 0 N–H and O–H groups in total. The first kappa shape index (κ1) is 19.0. The quantitative estimate of drug-likeness (QED) is 0.741. The minimum absolute atomic E-state index is 0.109. The van der Waals surface area contributed by atoms with Crippen molar-refractivity contribution in [1.29, 1.82) is 0 Å². The first-order chi connectivity index (χ1) is 13.7. The minimum Gasteiger partial charge on any atom is -0.493 e. The van der Waals surface area contributed by atoms with Gasteiger partial charge >= 0.3 is 0 Å². The Kier molecular flexibility index (Phi) is 5.67. The number of nitrogens with zero attached hydrogens (tertiary/aromatic N) is 1. The summed E-state index contributed by atoms with van der Waals surface area (Å²) in [6.45, 7) is 3.27. The fourth-order valence-electron chi connectivity index (χ4n) is 4.71. The number of methoxy groups -OCH3 is 2. The number of Topliss-reactive ketones (excluding diaryl/α,β-unsaturated/α-hetero) is 1. The Hall–Kier alpha value is -2.33. The molecular formula is C24H29NO3. The fraction of sp³-hybridized carbons (Fsp3) is 0.458. The van der Waals surface area contributed by atoms with Crippen molar-refractivity contribution in [3.63, 3.8) is 0 Å². The van der Waals surface area contributed by atoms with Crippen LogP contribution in [0.3, 0.4) is 0 Å². The van der Waals surface area contributed by atoms with Crippen LogP contribution < -0.4 is 9.47 Å². The molecule has 0 amide bonds. The molecule has 0 aromatic heterocycles. The van der Waals surface area contributed by atoms with Crippen LogP contribution in [0.1, 0.15) is 40.7 Å². The van der Waals surface area contributed by atoms with E-state index in [1.807, 2.05) is 12.1 Å². The van der Waals surface area contributed by atoms with E-state index in [9.17, 15) is 4.79 Å². The Balaban J connectivity index is 1.34. The van der Waals surface area contributed by atoms with Crippen LogP contribution in [0.5, 0.6) is 11.5 Å². The molecule has 148 valence electrons. The largest absolute Gasteiger partial charge is 0.493 e. The second-order valence-electron chi connectivity index (χ2n) is 8.07. The molecule has 4 nitrogen and oxygen atoms in total. The summed E-state index contributed by atoms with van der Waals surface area (Å²) in [5.41, 5.74) is 3.31. The maximum Gasteiger partial charge on any atom is 0.166 e. The Morgan fingerprint density at radius 2 is 1.68 bits per heavy atom. The average Bonchev–Trinajstić information content (AvgIpc) is 3.03. The van der Waals surface area contributed by atoms with E-state index in [1.54, 1.807) is 14.2 Å². The number of ether oxygens (including phenoxy) is 2. The van der Waals surface area contributed by atoms with E-state index in [0.29, 0.717) is 17.4 Å². The summed E-state index contributed by atoms with van der Waals surface area (Å²) in [6.07, 6.45) is 4.19. The van der Waals surface area contributed by atoms with Crippen molar-refractivity contribution in [3.8, 4) is 11.5 Å². The van der Waals surface area contributed by atoms with Crippen molar-refractivity contribution in [2.45, 2.75) is 32.2 Å². The Bertz CT molecular complexity index is 825. The molecule has 4 rings (SSSR count). The third-order valence-electron chi connectivity index (χ3n) is 6.29. The zero-order chi connectivity index (χ0) is 19.5. The fourth-order valence-corrected chi connectivity index (χ4v) is 4.71. The van der Waals surface area contributed by atoms with E-state index >= 15 is 0 Å². The third kappa shape index (κ3) is 3.93. The van der Waals surface area contributed by atoms with Crippen molar-refractivity contribution < 1.29 is 14.3 Å². The number of hydrogen-bond donors (Lipinski definition) is 0. The minimum atomic E-state index is 0.109. The number of rotatable bonds is 6. The number of ketones is 1. The average molecular weight is 385 g/mol. The van der Waals surface area contributed by atoms with Crippen molar-refractivity contribution in [2.75, 3.05) is 27.3 Å². The molecule has 1 atom stereocenters. The number of hydrogen-bond acceptors (Lipinski definition) is 4. The van der Waals surface area contributed by atoms with Crippen molar-refractivity contribution in [1.82, 2.24) is 4.90 Å². The normalized spacial score (nSPS) is 20.2. The smallest absolute Gasteiger partial charge is 0.166 e. The monoisotopic (exact) mass is 385 g/mol. The van der Waals surface area contributed by atoms with Crippen molar-refractivity contribution in [3.05, 3.63) is 59.2 Å². The van der Waals surface area contributed by atoms with Crippen LogP contribution in [0.25, 0.3) is 0 Å². The van der Waals surface area contributed by atoms with Gasteiger partial charge in [0.2, 0.25) is 0 Å². The number of fused-ring (bicyclic) bond motifs is 1. The summed E-state index contributed by atoms with van der Waals surface area (Å²) in [7, 11) is 3.26. The number of carbonyl (C=O) groups excluding carboxylic acids is 1. The van der Waals surface area contributed by atoms with Gasteiger partial charge in [-0.1, -0.05) is 30.3 Å².